The Labute approximate surface area is 348 Å². The molecule has 0 saturated heterocycles. The third-order valence-electron chi connectivity index (χ3n) is 13.3. The van der Waals surface area contributed by atoms with Crippen molar-refractivity contribution in [2.45, 2.75) is 51.4 Å². The predicted octanol–water partition coefficient (Wildman–Crippen LogP) is 14.5. The first-order valence-corrected chi connectivity index (χ1v) is 21.0. The fourth-order valence-electron chi connectivity index (χ4n) is 9.78. The van der Waals surface area contributed by atoms with Crippen LogP contribution in [-0.2, 0) is 10.8 Å². The third kappa shape index (κ3) is 5.42. The first-order valence-electron chi connectivity index (χ1n) is 21.0. The topological polar surface area (TPSA) is 56.7 Å². The molecule has 0 fully saturated rings. The lowest BCUT2D eigenvalue weighted by atomic mass is 9.63. The summed E-state index contributed by atoms with van der Waals surface area (Å²) in [5.41, 5.74) is 11.3. The zero-order valence-electron chi connectivity index (χ0n) is 34.1. The van der Waals surface area contributed by atoms with Crippen LogP contribution < -0.4 is 0 Å². The number of hydrogen-bond acceptors (Lipinski definition) is 4. The molecule has 1 aliphatic rings. The van der Waals surface area contributed by atoms with E-state index in [2.05, 4.69) is 160 Å². The van der Waals surface area contributed by atoms with E-state index in [9.17, 15) is 0 Å². The number of hydrogen-bond donors (Lipinski definition) is 0. The van der Waals surface area contributed by atoms with Gasteiger partial charge in [-0.25, -0.2) is 15.0 Å². The Morgan fingerprint density at radius 2 is 0.967 bits per heavy atom. The Hall–Kier alpha value is -7.11. The van der Waals surface area contributed by atoms with Crippen molar-refractivity contribution in [2.75, 3.05) is 0 Å². The summed E-state index contributed by atoms with van der Waals surface area (Å²) in [6.07, 6.45) is 2.36. The highest BCUT2D eigenvalue weighted by Gasteiger charge is 2.38. The third-order valence-corrected chi connectivity index (χ3v) is 13.3. The van der Waals surface area contributed by atoms with Gasteiger partial charge in [0.05, 0.1) is 11.0 Å². The minimum atomic E-state index is 0.103. The summed E-state index contributed by atoms with van der Waals surface area (Å²) in [6, 6.07) is 56.4. The summed E-state index contributed by atoms with van der Waals surface area (Å²) in [4.78, 5) is 15.5. The molecule has 0 aliphatic heterocycles. The zero-order valence-corrected chi connectivity index (χ0v) is 34.1. The number of nitrogens with zero attached hydrogens (tertiary/aromatic N) is 4. The molecule has 1 aliphatic carbocycles. The van der Waals surface area contributed by atoms with Crippen molar-refractivity contribution >= 4 is 65.3 Å². The van der Waals surface area contributed by atoms with Crippen LogP contribution in [0.25, 0.3) is 105 Å². The van der Waals surface area contributed by atoms with Gasteiger partial charge in [-0.15, -0.1) is 0 Å². The minimum Gasteiger partial charge on any atom is -0.456 e. The van der Waals surface area contributed by atoms with Crippen LogP contribution >= 0.6 is 0 Å². The molecule has 0 atom stereocenters. The molecule has 0 saturated carbocycles. The molecular weight excluding hydrogens is 733 g/mol. The second kappa shape index (κ2) is 12.7. The van der Waals surface area contributed by atoms with Crippen LogP contribution in [-0.4, -0.2) is 19.5 Å². The van der Waals surface area contributed by atoms with Crippen molar-refractivity contribution in [3.8, 4) is 39.9 Å². The van der Waals surface area contributed by atoms with Crippen LogP contribution in [0, 0.1) is 0 Å². The molecule has 3 heterocycles. The van der Waals surface area contributed by atoms with Gasteiger partial charge in [-0.2, -0.15) is 0 Å². The fraction of sp³-hybridized carbons (Fsp3) is 0.145. The van der Waals surface area contributed by atoms with E-state index in [-0.39, 0.29) is 10.8 Å². The maximum absolute atomic E-state index is 6.18. The van der Waals surface area contributed by atoms with Gasteiger partial charge >= 0.3 is 0 Å². The number of benzene rings is 8. The summed E-state index contributed by atoms with van der Waals surface area (Å²) < 4.78 is 8.64. The van der Waals surface area contributed by atoms with Gasteiger partial charge in [0.25, 0.3) is 0 Å². The van der Waals surface area contributed by atoms with Crippen molar-refractivity contribution < 1.29 is 4.42 Å². The summed E-state index contributed by atoms with van der Waals surface area (Å²) >= 11 is 0. The summed E-state index contributed by atoms with van der Waals surface area (Å²) in [7, 11) is 0. The Morgan fingerprint density at radius 1 is 0.417 bits per heavy atom. The quantitative estimate of drug-likeness (QED) is 0.179. The Balaban J connectivity index is 1.04. The van der Waals surface area contributed by atoms with Gasteiger partial charge in [0.2, 0.25) is 0 Å². The average Bonchev–Trinajstić information content (AvgIpc) is 3.82. The van der Waals surface area contributed by atoms with E-state index >= 15 is 0 Å². The summed E-state index contributed by atoms with van der Waals surface area (Å²) in [5.74, 6) is 1.87. The maximum Gasteiger partial charge on any atom is 0.164 e. The molecule has 8 aromatic carbocycles. The standard InChI is InChI=1S/C55H42N4O/c1-54(2)25-26-55(3,4)46-32-48-43(31-45(46)54)41-13-7-9-15-47(41)59(48)40-23-21-34-18-20-37(28-39(34)29-40)52-56-51(36-19-17-33-11-5-6-12-35(33)27-36)57-53(58-52)38-22-24-50-44(30-38)42-14-8-10-16-49(42)60-50/h5-24,27-32H,25-26H2,1-4H3. The molecule has 0 spiro atoms. The zero-order chi connectivity index (χ0) is 40.3. The lowest BCUT2D eigenvalue weighted by Gasteiger charge is -2.42. The van der Waals surface area contributed by atoms with Crippen molar-refractivity contribution in [2.24, 2.45) is 0 Å². The first kappa shape index (κ1) is 34.9. The predicted molar refractivity (Wildman–Crippen MR) is 248 cm³/mol. The Bertz CT molecular complexity index is 3570. The lowest BCUT2D eigenvalue weighted by Crippen LogP contribution is -2.33. The van der Waals surface area contributed by atoms with Gasteiger partial charge in [-0.05, 0) is 123 Å². The minimum absolute atomic E-state index is 0.103. The van der Waals surface area contributed by atoms with Crippen LogP contribution in [0.5, 0.6) is 0 Å². The molecule has 3 aromatic heterocycles. The Morgan fingerprint density at radius 3 is 1.72 bits per heavy atom. The normalized spacial score (nSPS) is 14.8. The van der Waals surface area contributed by atoms with E-state index in [1.54, 1.807) is 0 Å². The molecule has 60 heavy (non-hydrogen) atoms. The van der Waals surface area contributed by atoms with E-state index < -0.39 is 0 Å². The van der Waals surface area contributed by atoms with E-state index in [0.717, 1.165) is 60.5 Å². The Kier molecular flexibility index (Phi) is 7.38. The summed E-state index contributed by atoms with van der Waals surface area (Å²) in [5, 5.41) is 9.29. The number of aromatic nitrogens is 4. The molecular formula is C55H42N4O. The lowest BCUT2D eigenvalue weighted by molar-refractivity contribution is 0.332. The largest absolute Gasteiger partial charge is 0.456 e. The van der Waals surface area contributed by atoms with Gasteiger partial charge < -0.3 is 8.98 Å². The molecule has 5 nitrogen and oxygen atoms in total. The van der Waals surface area contributed by atoms with E-state index in [1.807, 2.05) is 30.3 Å². The molecule has 0 radical (unpaired) electrons. The van der Waals surface area contributed by atoms with E-state index in [1.165, 1.54) is 51.2 Å². The van der Waals surface area contributed by atoms with Gasteiger partial charge in [0, 0.05) is 43.9 Å². The van der Waals surface area contributed by atoms with Crippen molar-refractivity contribution in [1.29, 1.82) is 0 Å². The van der Waals surface area contributed by atoms with Crippen molar-refractivity contribution in [3.05, 3.63) is 169 Å². The number of para-hydroxylation sites is 2. The highest BCUT2D eigenvalue weighted by molar-refractivity contribution is 6.10. The van der Waals surface area contributed by atoms with E-state index in [0.29, 0.717) is 17.5 Å². The smallest absolute Gasteiger partial charge is 0.164 e. The fourth-order valence-corrected chi connectivity index (χ4v) is 9.78. The van der Waals surface area contributed by atoms with Gasteiger partial charge in [0.15, 0.2) is 17.5 Å². The number of furan rings is 1. The van der Waals surface area contributed by atoms with Gasteiger partial charge in [0.1, 0.15) is 11.2 Å². The highest BCUT2D eigenvalue weighted by atomic mass is 16.3. The second-order valence-electron chi connectivity index (χ2n) is 18.0. The van der Waals surface area contributed by atoms with Crippen LogP contribution in [0.3, 0.4) is 0 Å². The van der Waals surface area contributed by atoms with Crippen molar-refractivity contribution in [3.63, 3.8) is 0 Å². The van der Waals surface area contributed by atoms with Crippen LogP contribution in [0.4, 0.5) is 0 Å². The molecule has 288 valence electrons. The van der Waals surface area contributed by atoms with Crippen molar-refractivity contribution in [1.82, 2.24) is 19.5 Å². The van der Waals surface area contributed by atoms with Crippen LogP contribution in [0.15, 0.2) is 162 Å². The van der Waals surface area contributed by atoms with Gasteiger partial charge in [-0.3, -0.25) is 0 Å². The summed E-state index contributed by atoms with van der Waals surface area (Å²) in [6.45, 7) is 9.64. The average molecular weight is 775 g/mol. The second-order valence-corrected chi connectivity index (χ2v) is 18.0. The first-order chi connectivity index (χ1) is 29.2. The maximum atomic E-state index is 6.18. The molecule has 12 rings (SSSR count). The SMILES string of the molecule is CC1(C)CCC(C)(C)c2cc3c(cc21)c1ccccc1n3-c1ccc2ccc(-c3nc(-c4ccc5ccccc5c4)nc(-c4ccc5oc6ccccc6c5c4)n3)cc2c1. The molecule has 0 amide bonds. The van der Waals surface area contributed by atoms with Crippen LogP contribution in [0.2, 0.25) is 0 Å². The van der Waals surface area contributed by atoms with Crippen LogP contribution in [0.1, 0.15) is 51.7 Å². The van der Waals surface area contributed by atoms with E-state index in [4.69, 9.17) is 19.4 Å². The molecule has 5 heteroatoms. The molecule has 0 unspecified atom stereocenters. The monoisotopic (exact) mass is 774 g/mol. The highest BCUT2D eigenvalue weighted by Crippen LogP contribution is 2.48. The molecule has 0 N–H and O–H groups in total. The number of fused-ring (bicyclic) bond motifs is 9. The van der Waals surface area contributed by atoms with Gasteiger partial charge in [-0.1, -0.05) is 119 Å². The number of rotatable bonds is 4. The molecule has 11 aromatic rings. The molecule has 0 bridgehead atoms.